The molecule has 0 unspecified atom stereocenters. The Bertz CT molecular complexity index is 592. The van der Waals surface area contributed by atoms with Crippen LogP contribution in [0.3, 0.4) is 0 Å². The van der Waals surface area contributed by atoms with Crippen LogP contribution < -0.4 is 4.72 Å². The molecule has 1 rings (SSSR count). The Morgan fingerprint density at radius 3 is 2.71 bits per heavy atom. The maximum absolute atomic E-state index is 12.1. The molecule has 1 N–H and O–H groups in total. The van der Waals surface area contributed by atoms with Crippen molar-refractivity contribution in [3.05, 3.63) is 34.9 Å². The van der Waals surface area contributed by atoms with Crippen LogP contribution in [0.2, 0.25) is 5.02 Å². The molecule has 6 nitrogen and oxygen atoms in total. The zero-order chi connectivity index (χ0) is 16.0. The van der Waals surface area contributed by atoms with Gasteiger partial charge in [-0.3, -0.25) is 4.79 Å². The fourth-order valence-corrected chi connectivity index (χ4v) is 2.92. The van der Waals surface area contributed by atoms with E-state index in [0.29, 0.717) is 5.02 Å². The van der Waals surface area contributed by atoms with E-state index in [-0.39, 0.29) is 13.0 Å². The second kappa shape index (κ2) is 7.74. The Hall–Kier alpha value is -1.15. The molecule has 0 amide bonds. The number of esters is 1. The summed E-state index contributed by atoms with van der Waals surface area (Å²) in [6, 6.07) is 6.52. The highest BCUT2D eigenvalue weighted by Crippen LogP contribution is 2.18. The van der Waals surface area contributed by atoms with Gasteiger partial charge in [0, 0.05) is 24.7 Å². The van der Waals surface area contributed by atoms with Crippen LogP contribution in [0.4, 0.5) is 0 Å². The number of rotatable bonds is 7. The highest BCUT2D eigenvalue weighted by atomic mass is 35.5. The number of benzene rings is 1. The topological polar surface area (TPSA) is 75.7 Å². The predicted molar refractivity (Wildman–Crippen MR) is 81.2 cm³/mol. The number of halogens is 1. The van der Waals surface area contributed by atoms with E-state index < -0.39 is 22.2 Å². The number of methoxy groups -OCH3 is 1. The molecule has 0 aliphatic rings. The number of nitrogens with zero attached hydrogens (tertiary/aromatic N) is 1. The fourth-order valence-electron chi connectivity index (χ4n) is 1.63. The third kappa shape index (κ3) is 5.62. The lowest BCUT2D eigenvalue weighted by atomic mass is 10.1. The standard InChI is InChI=1S/C13H19ClN2O4S/c1-10(11-5-4-6-12(14)9-11)15-21(18,19)16(2)8-7-13(17)20-3/h4-6,9-10,15H,7-8H2,1-3H3/t10-/m0/s1. The molecule has 1 atom stereocenters. The summed E-state index contributed by atoms with van der Waals surface area (Å²) in [6.07, 6.45) is -0.000540. The second-order valence-electron chi connectivity index (χ2n) is 4.55. The van der Waals surface area contributed by atoms with E-state index in [4.69, 9.17) is 11.6 Å². The minimum Gasteiger partial charge on any atom is -0.469 e. The van der Waals surface area contributed by atoms with Gasteiger partial charge in [0.15, 0.2) is 0 Å². The van der Waals surface area contributed by atoms with E-state index in [2.05, 4.69) is 9.46 Å². The Morgan fingerprint density at radius 2 is 2.14 bits per heavy atom. The summed E-state index contributed by atoms with van der Waals surface area (Å²) >= 11 is 5.88. The van der Waals surface area contributed by atoms with E-state index in [1.54, 1.807) is 31.2 Å². The van der Waals surface area contributed by atoms with Crippen molar-refractivity contribution in [2.45, 2.75) is 19.4 Å². The molecular formula is C13H19ClN2O4S. The highest BCUT2D eigenvalue weighted by Gasteiger charge is 2.21. The molecule has 21 heavy (non-hydrogen) atoms. The van der Waals surface area contributed by atoms with Gasteiger partial charge >= 0.3 is 5.97 Å². The number of carbonyl (C=O) groups excluding carboxylic acids is 1. The zero-order valence-electron chi connectivity index (χ0n) is 12.2. The quantitative estimate of drug-likeness (QED) is 0.770. The zero-order valence-corrected chi connectivity index (χ0v) is 13.7. The van der Waals surface area contributed by atoms with Crippen molar-refractivity contribution in [3.8, 4) is 0 Å². The minimum absolute atomic E-state index is 0.000540. The highest BCUT2D eigenvalue weighted by molar-refractivity contribution is 7.87. The van der Waals surface area contributed by atoms with Gasteiger partial charge in [0.05, 0.1) is 13.5 Å². The van der Waals surface area contributed by atoms with Crippen LogP contribution in [0.25, 0.3) is 0 Å². The Labute approximate surface area is 130 Å². The average Bonchev–Trinajstić information content (AvgIpc) is 2.43. The minimum atomic E-state index is -3.69. The van der Waals surface area contributed by atoms with Gasteiger partial charge in [-0.1, -0.05) is 23.7 Å². The molecule has 0 fully saturated rings. The van der Waals surface area contributed by atoms with Gasteiger partial charge < -0.3 is 4.74 Å². The molecular weight excluding hydrogens is 316 g/mol. The van der Waals surface area contributed by atoms with Crippen LogP contribution >= 0.6 is 11.6 Å². The maximum atomic E-state index is 12.1. The number of hydrogen-bond acceptors (Lipinski definition) is 4. The molecule has 0 bridgehead atoms. The van der Waals surface area contributed by atoms with Crippen molar-refractivity contribution in [1.29, 1.82) is 0 Å². The SMILES string of the molecule is COC(=O)CCN(C)S(=O)(=O)N[C@@H](C)c1cccc(Cl)c1. The molecule has 0 radical (unpaired) electrons. The van der Waals surface area contributed by atoms with Crippen LogP contribution in [0.5, 0.6) is 0 Å². The first-order chi connectivity index (χ1) is 9.76. The normalized spacial score (nSPS) is 13.2. The van der Waals surface area contributed by atoms with Crippen LogP contribution in [0, 0.1) is 0 Å². The van der Waals surface area contributed by atoms with Crippen LogP contribution in [0.15, 0.2) is 24.3 Å². The average molecular weight is 335 g/mol. The molecule has 0 saturated heterocycles. The van der Waals surface area contributed by atoms with E-state index in [1.165, 1.54) is 14.2 Å². The Balaban J connectivity index is 2.68. The molecule has 0 saturated carbocycles. The lowest BCUT2D eigenvalue weighted by molar-refractivity contribution is -0.140. The third-order valence-corrected chi connectivity index (χ3v) is 4.83. The van der Waals surface area contributed by atoms with Gasteiger partial charge in [0.1, 0.15) is 0 Å². The van der Waals surface area contributed by atoms with Gasteiger partial charge in [-0.05, 0) is 24.6 Å². The maximum Gasteiger partial charge on any atom is 0.306 e. The van der Waals surface area contributed by atoms with E-state index in [9.17, 15) is 13.2 Å². The molecule has 0 aliphatic carbocycles. The summed E-state index contributed by atoms with van der Waals surface area (Å²) in [7, 11) is -1.03. The van der Waals surface area contributed by atoms with Crippen molar-refractivity contribution >= 4 is 27.8 Å². The summed E-state index contributed by atoms with van der Waals surface area (Å²) in [5.74, 6) is -0.458. The van der Waals surface area contributed by atoms with Crippen LogP contribution in [0.1, 0.15) is 24.9 Å². The molecule has 118 valence electrons. The Kier molecular flexibility index (Phi) is 6.60. The smallest absolute Gasteiger partial charge is 0.306 e. The van der Waals surface area contributed by atoms with E-state index in [1.807, 2.05) is 0 Å². The lowest BCUT2D eigenvalue weighted by Gasteiger charge is -2.21. The van der Waals surface area contributed by atoms with Crippen molar-refractivity contribution in [3.63, 3.8) is 0 Å². The Morgan fingerprint density at radius 1 is 1.48 bits per heavy atom. The van der Waals surface area contributed by atoms with Gasteiger partial charge in [-0.2, -0.15) is 17.4 Å². The van der Waals surface area contributed by atoms with E-state index in [0.717, 1.165) is 9.87 Å². The molecule has 0 aromatic heterocycles. The number of hydrogen-bond donors (Lipinski definition) is 1. The largest absolute Gasteiger partial charge is 0.469 e. The van der Waals surface area contributed by atoms with Crippen LogP contribution in [-0.4, -0.2) is 39.4 Å². The summed E-state index contributed by atoms with van der Waals surface area (Å²) < 4.78 is 32.3. The molecule has 0 heterocycles. The number of carbonyl (C=O) groups is 1. The molecule has 0 aliphatic heterocycles. The van der Waals surface area contributed by atoms with Crippen molar-refractivity contribution in [1.82, 2.24) is 9.03 Å². The fraction of sp³-hybridized carbons (Fsp3) is 0.462. The molecule has 0 spiro atoms. The summed E-state index contributed by atoms with van der Waals surface area (Å²) in [5, 5.41) is 0.539. The molecule has 8 heteroatoms. The summed E-state index contributed by atoms with van der Waals surface area (Å²) in [6.45, 7) is 1.77. The molecule has 1 aromatic carbocycles. The lowest BCUT2D eigenvalue weighted by Crippen LogP contribution is -2.40. The van der Waals surface area contributed by atoms with Crippen molar-refractivity contribution in [2.75, 3.05) is 20.7 Å². The van der Waals surface area contributed by atoms with Crippen molar-refractivity contribution in [2.24, 2.45) is 0 Å². The summed E-state index contributed by atoms with van der Waals surface area (Å²) in [5.41, 5.74) is 0.757. The van der Waals surface area contributed by atoms with Crippen molar-refractivity contribution < 1.29 is 17.9 Å². The first-order valence-electron chi connectivity index (χ1n) is 6.32. The number of ether oxygens (including phenoxy) is 1. The first kappa shape index (κ1) is 17.9. The summed E-state index contributed by atoms with van der Waals surface area (Å²) in [4.78, 5) is 11.0. The monoisotopic (exact) mass is 334 g/mol. The third-order valence-electron chi connectivity index (χ3n) is 2.94. The van der Waals surface area contributed by atoms with Gasteiger partial charge in [0.2, 0.25) is 0 Å². The second-order valence-corrected chi connectivity index (χ2v) is 6.79. The van der Waals surface area contributed by atoms with Crippen LogP contribution in [-0.2, 0) is 19.7 Å². The molecule has 1 aromatic rings. The number of nitrogens with one attached hydrogen (secondary N) is 1. The van der Waals surface area contributed by atoms with Gasteiger partial charge in [-0.15, -0.1) is 0 Å². The predicted octanol–water partition coefficient (Wildman–Crippen LogP) is 1.73. The van der Waals surface area contributed by atoms with Gasteiger partial charge in [0.25, 0.3) is 10.2 Å². The van der Waals surface area contributed by atoms with E-state index >= 15 is 0 Å². The first-order valence-corrected chi connectivity index (χ1v) is 8.14. The van der Waals surface area contributed by atoms with Gasteiger partial charge in [-0.25, -0.2) is 0 Å².